The van der Waals surface area contributed by atoms with E-state index in [4.69, 9.17) is 16.3 Å². The predicted molar refractivity (Wildman–Crippen MR) is 175 cm³/mol. The quantitative estimate of drug-likeness (QED) is 0.270. The molecule has 0 radical (unpaired) electrons. The summed E-state index contributed by atoms with van der Waals surface area (Å²) in [6.45, 7) is 12.8. The third-order valence-corrected chi connectivity index (χ3v) is 9.07. The van der Waals surface area contributed by atoms with Crippen molar-refractivity contribution in [2.45, 2.75) is 52.8 Å². The number of piperazine rings is 1. The van der Waals surface area contributed by atoms with Crippen LogP contribution in [-0.2, 0) is 17.9 Å². The van der Waals surface area contributed by atoms with Crippen molar-refractivity contribution < 1.29 is 18.3 Å². The van der Waals surface area contributed by atoms with Gasteiger partial charge < -0.3 is 19.9 Å². The van der Waals surface area contributed by atoms with E-state index in [2.05, 4.69) is 21.9 Å². The highest BCUT2D eigenvalue weighted by atomic mass is 35.5. The minimum Gasteiger partial charge on any atom is -0.486 e. The molecule has 0 aliphatic carbocycles. The minimum absolute atomic E-state index is 0.00710. The van der Waals surface area contributed by atoms with Crippen LogP contribution in [0.2, 0.25) is 5.02 Å². The van der Waals surface area contributed by atoms with Crippen molar-refractivity contribution in [1.29, 1.82) is 0 Å². The first-order valence-corrected chi connectivity index (χ1v) is 15.6. The number of carbonyl (C=O) groups excluding carboxylic acids is 1. The normalized spacial score (nSPS) is 16.0. The van der Waals surface area contributed by atoms with Crippen LogP contribution in [0.25, 0.3) is 27.7 Å². The Hall–Kier alpha value is -4.35. The van der Waals surface area contributed by atoms with E-state index in [0.29, 0.717) is 58.9 Å². The van der Waals surface area contributed by atoms with Crippen LogP contribution in [-0.4, -0.2) is 58.1 Å². The number of amides is 1. The number of rotatable bonds is 6. The molecule has 46 heavy (non-hydrogen) atoms. The summed E-state index contributed by atoms with van der Waals surface area (Å²) in [5.41, 5.74) is 2.89. The van der Waals surface area contributed by atoms with Crippen LogP contribution in [0.5, 0.6) is 5.75 Å². The number of halogens is 3. The van der Waals surface area contributed by atoms with E-state index >= 15 is 8.78 Å². The molecule has 12 heteroatoms. The Balaban J connectivity index is 1.72. The molecule has 1 fully saturated rings. The molecule has 2 aliphatic rings. The van der Waals surface area contributed by atoms with Crippen molar-refractivity contribution >= 4 is 34.2 Å². The summed E-state index contributed by atoms with van der Waals surface area (Å²) in [5.74, 6) is -1.78. The summed E-state index contributed by atoms with van der Waals surface area (Å²) in [5, 5.41) is 3.61. The third-order valence-electron chi connectivity index (χ3n) is 8.77. The first-order chi connectivity index (χ1) is 22.0. The maximum Gasteiger partial charge on any atom is 0.354 e. The summed E-state index contributed by atoms with van der Waals surface area (Å²) in [7, 11) is 1.72. The largest absolute Gasteiger partial charge is 0.486 e. The first-order valence-electron chi connectivity index (χ1n) is 15.2. The lowest BCUT2D eigenvalue weighted by Crippen LogP contribution is -2.54. The average Bonchev–Trinajstić information content (AvgIpc) is 3.03. The lowest BCUT2D eigenvalue weighted by molar-refractivity contribution is -0.126. The van der Waals surface area contributed by atoms with E-state index in [0.717, 1.165) is 11.6 Å². The van der Waals surface area contributed by atoms with Crippen molar-refractivity contribution in [3.05, 3.63) is 86.6 Å². The highest BCUT2D eigenvalue weighted by molar-refractivity contribution is 6.35. The molecule has 1 atom stereocenters. The number of fused-ring (bicyclic) bond motifs is 5. The lowest BCUT2D eigenvalue weighted by Gasteiger charge is -2.40. The van der Waals surface area contributed by atoms with Gasteiger partial charge in [0.25, 0.3) is 0 Å². The monoisotopic (exact) mass is 648 g/mol. The van der Waals surface area contributed by atoms with Crippen LogP contribution in [0.1, 0.15) is 49.1 Å². The Morgan fingerprint density at radius 1 is 1.26 bits per heavy atom. The topological polar surface area (TPSA) is 92.6 Å². The summed E-state index contributed by atoms with van der Waals surface area (Å²) in [6.07, 6.45) is 2.97. The fourth-order valence-electron chi connectivity index (χ4n) is 6.63. The number of nitrogens with one attached hydrogen (secondary N) is 1. The molecule has 2 aromatic carbocycles. The van der Waals surface area contributed by atoms with E-state index in [1.165, 1.54) is 10.6 Å². The van der Waals surface area contributed by atoms with E-state index in [1.54, 1.807) is 24.2 Å². The number of carbonyl (C=O) groups is 1. The van der Waals surface area contributed by atoms with Crippen LogP contribution in [0.3, 0.4) is 0 Å². The molecule has 240 valence electrons. The van der Waals surface area contributed by atoms with Crippen LogP contribution >= 0.6 is 11.6 Å². The van der Waals surface area contributed by atoms with Gasteiger partial charge >= 0.3 is 5.69 Å². The maximum absolute atomic E-state index is 15.8. The highest BCUT2D eigenvalue weighted by Gasteiger charge is 2.35. The second-order valence-corrected chi connectivity index (χ2v) is 12.5. The van der Waals surface area contributed by atoms with Gasteiger partial charge in [0.1, 0.15) is 17.9 Å². The number of aryl methyl sites for hydroxylation is 1. The Labute approximate surface area is 270 Å². The molecule has 2 aromatic heterocycles. The molecular weight excluding hydrogens is 614 g/mol. The molecule has 4 aromatic rings. The first kappa shape index (κ1) is 31.6. The van der Waals surface area contributed by atoms with E-state index < -0.39 is 17.3 Å². The van der Waals surface area contributed by atoms with Crippen LogP contribution < -0.4 is 20.6 Å². The van der Waals surface area contributed by atoms with Gasteiger partial charge in [0, 0.05) is 60.5 Å². The second kappa shape index (κ2) is 12.1. The van der Waals surface area contributed by atoms with Crippen LogP contribution in [0, 0.1) is 18.6 Å². The predicted octanol–water partition coefficient (Wildman–Crippen LogP) is 5.65. The number of nitrogens with zero attached hydrogens (tertiary/aromatic N) is 5. The van der Waals surface area contributed by atoms with Gasteiger partial charge in [0.05, 0.1) is 16.4 Å². The van der Waals surface area contributed by atoms with Crippen molar-refractivity contribution in [3.63, 3.8) is 0 Å². The van der Waals surface area contributed by atoms with E-state index in [1.807, 2.05) is 38.7 Å². The maximum atomic E-state index is 15.8. The zero-order valence-corrected chi connectivity index (χ0v) is 27.1. The highest BCUT2D eigenvalue weighted by Crippen LogP contribution is 2.50. The smallest absolute Gasteiger partial charge is 0.354 e. The van der Waals surface area contributed by atoms with Crippen LogP contribution in [0.15, 0.2) is 41.8 Å². The molecule has 0 bridgehead atoms. The minimum atomic E-state index is -1.04. The molecule has 0 unspecified atom stereocenters. The number of aromatic nitrogens is 3. The molecule has 1 amide bonds. The van der Waals surface area contributed by atoms with Gasteiger partial charge in [-0.1, -0.05) is 32.0 Å². The number of ether oxygens (including phenoxy) is 1. The lowest BCUT2D eigenvalue weighted by atomic mass is 9.91. The third kappa shape index (κ3) is 5.02. The van der Waals surface area contributed by atoms with Gasteiger partial charge in [0.15, 0.2) is 17.4 Å². The molecule has 0 saturated carbocycles. The SMILES string of the molecule is C=CC(=O)N1CCN(c2nc(=O)n(-c3c(C)ccnc3C(C)C)c3c4c(c(Cl)cc23)-c2c(F)c(F)cc(CNC)c2CO4)[C@@H](C)C1. The van der Waals surface area contributed by atoms with E-state index in [9.17, 15) is 9.59 Å². The van der Waals surface area contributed by atoms with Gasteiger partial charge in [-0.3, -0.25) is 14.3 Å². The molecule has 4 heterocycles. The number of hydrogen-bond donors (Lipinski definition) is 1. The second-order valence-electron chi connectivity index (χ2n) is 12.1. The van der Waals surface area contributed by atoms with Gasteiger partial charge in [-0.15, -0.1) is 0 Å². The van der Waals surface area contributed by atoms with E-state index in [-0.39, 0.29) is 52.9 Å². The van der Waals surface area contributed by atoms with Gasteiger partial charge in [0.2, 0.25) is 5.91 Å². The van der Waals surface area contributed by atoms with Gasteiger partial charge in [-0.05, 0) is 62.2 Å². The Morgan fingerprint density at radius 2 is 2.02 bits per heavy atom. The summed E-state index contributed by atoms with van der Waals surface area (Å²) in [4.78, 5) is 39.6. The molecule has 9 nitrogen and oxygen atoms in total. The number of pyridine rings is 1. The van der Waals surface area contributed by atoms with Gasteiger partial charge in [-0.25, -0.2) is 13.6 Å². The number of anilines is 1. The van der Waals surface area contributed by atoms with Crippen molar-refractivity contribution in [2.75, 3.05) is 31.6 Å². The zero-order chi connectivity index (χ0) is 33.0. The fraction of sp³-hybridized carbons (Fsp3) is 0.353. The molecule has 1 saturated heterocycles. The fourth-order valence-corrected chi connectivity index (χ4v) is 6.91. The van der Waals surface area contributed by atoms with Crippen molar-refractivity contribution in [2.24, 2.45) is 0 Å². The molecule has 0 spiro atoms. The number of hydrogen-bond acceptors (Lipinski definition) is 7. The zero-order valence-electron chi connectivity index (χ0n) is 26.4. The average molecular weight is 649 g/mol. The molecule has 6 rings (SSSR count). The molecule has 2 aliphatic heterocycles. The summed E-state index contributed by atoms with van der Waals surface area (Å²) >= 11 is 6.99. The summed E-state index contributed by atoms with van der Waals surface area (Å²) < 4.78 is 38.8. The Kier molecular flexibility index (Phi) is 8.32. The number of benzene rings is 2. The molecule has 1 N–H and O–H groups in total. The standard InChI is InChI=1S/C34H35ClF2N6O3/c1-7-25(44)41-10-11-42(19(5)15-41)33-21-13-23(35)27-26-22(20(14-38-6)12-24(36)28(26)37)16-46-32(27)31(21)43(34(45)40-33)30-18(4)8-9-39-29(30)17(2)3/h7-9,12-13,17,19,38H,1,10-11,14-16H2,2-6H3/t19-/m0/s1. The Morgan fingerprint density at radius 3 is 2.70 bits per heavy atom. The van der Waals surface area contributed by atoms with Gasteiger partial charge in [-0.2, -0.15) is 4.98 Å². The van der Waals surface area contributed by atoms with Crippen molar-refractivity contribution in [1.82, 2.24) is 24.8 Å². The van der Waals surface area contributed by atoms with Crippen LogP contribution in [0.4, 0.5) is 14.6 Å². The van der Waals surface area contributed by atoms with Crippen molar-refractivity contribution in [3.8, 4) is 22.6 Å². The Bertz CT molecular complexity index is 1980. The molecular formula is C34H35ClF2N6O3. The summed E-state index contributed by atoms with van der Waals surface area (Å²) in [6, 6.07) is 4.39.